The van der Waals surface area contributed by atoms with Crippen LogP contribution in [0.1, 0.15) is 19.5 Å². The molecule has 0 radical (unpaired) electrons. The molecule has 0 atom stereocenters. The minimum absolute atomic E-state index is 0.248. The van der Waals surface area contributed by atoms with Gasteiger partial charge in [0.2, 0.25) is 0 Å². The van der Waals surface area contributed by atoms with E-state index in [1.54, 1.807) is 18.2 Å². The second-order valence-corrected chi connectivity index (χ2v) is 4.29. The number of rotatable bonds is 4. The van der Waals surface area contributed by atoms with Crippen LogP contribution in [0.25, 0.3) is 11.3 Å². The lowest BCUT2D eigenvalue weighted by atomic mass is 10.1. The summed E-state index contributed by atoms with van der Waals surface area (Å²) in [4.78, 5) is 0. The summed E-state index contributed by atoms with van der Waals surface area (Å²) in [6.07, 6.45) is 0. The van der Waals surface area contributed by atoms with E-state index in [1.807, 2.05) is 6.07 Å². The lowest BCUT2D eigenvalue weighted by molar-refractivity contribution is 0.580. The average molecular weight is 233 g/mol. The van der Waals surface area contributed by atoms with Gasteiger partial charge in [-0.3, -0.25) is 5.10 Å². The molecule has 1 aromatic carbocycles. The van der Waals surface area contributed by atoms with Gasteiger partial charge in [0.1, 0.15) is 5.82 Å². The molecule has 0 saturated carbocycles. The van der Waals surface area contributed by atoms with Crippen LogP contribution in [0.4, 0.5) is 4.39 Å². The minimum Gasteiger partial charge on any atom is -0.309 e. The first-order valence-electron chi connectivity index (χ1n) is 5.69. The Bertz CT molecular complexity index is 491. The van der Waals surface area contributed by atoms with Gasteiger partial charge in [-0.25, -0.2) is 4.39 Å². The standard InChI is InChI=1S/C13H16FN3/c1-9(2)15-8-10-7-13(17-16-10)11-5-3-4-6-12(11)14/h3-7,9,15H,8H2,1-2H3,(H,16,17). The highest BCUT2D eigenvalue weighted by Gasteiger charge is 2.08. The van der Waals surface area contributed by atoms with Crippen molar-refractivity contribution < 1.29 is 4.39 Å². The van der Waals surface area contributed by atoms with Crippen LogP contribution in [0, 0.1) is 5.82 Å². The normalized spacial score (nSPS) is 11.1. The van der Waals surface area contributed by atoms with E-state index in [1.165, 1.54) is 6.07 Å². The number of hydrogen-bond donors (Lipinski definition) is 2. The van der Waals surface area contributed by atoms with Crippen molar-refractivity contribution in [3.05, 3.63) is 41.8 Å². The van der Waals surface area contributed by atoms with Gasteiger partial charge < -0.3 is 5.32 Å². The molecule has 0 bridgehead atoms. The predicted octanol–water partition coefficient (Wildman–Crippen LogP) is 2.71. The zero-order valence-corrected chi connectivity index (χ0v) is 10.00. The maximum Gasteiger partial charge on any atom is 0.132 e. The highest BCUT2D eigenvalue weighted by molar-refractivity contribution is 5.59. The first-order valence-corrected chi connectivity index (χ1v) is 5.69. The van der Waals surface area contributed by atoms with Crippen molar-refractivity contribution in [2.45, 2.75) is 26.4 Å². The summed E-state index contributed by atoms with van der Waals surface area (Å²) in [6, 6.07) is 8.93. The number of nitrogens with zero attached hydrogens (tertiary/aromatic N) is 1. The molecule has 0 unspecified atom stereocenters. The van der Waals surface area contributed by atoms with Gasteiger partial charge in [0.25, 0.3) is 0 Å². The Hall–Kier alpha value is -1.68. The fourth-order valence-corrected chi connectivity index (χ4v) is 1.57. The molecule has 2 rings (SSSR count). The number of H-pyrrole nitrogens is 1. The molecule has 0 aliphatic heterocycles. The van der Waals surface area contributed by atoms with Crippen molar-refractivity contribution in [1.29, 1.82) is 0 Å². The topological polar surface area (TPSA) is 40.7 Å². The number of halogens is 1. The molecule has 2 N–H and O–H groups in total. The van der Waals surface area contributed by atoms with Crippen LogP contribution in [-0.4, -0.2) is 16.2 Å². The van der Waals surface area contributed by atoms with Crippen LogP contribution < -0.4 is 5.32 Å². The molecule has 17 heavy (non-hydrogen) atoms. The van der Waals surface area contributed by atoms with Crippen molar-refractivity contribution in [3.8, 4) is 11.3 Å². The number of aromatic nitrogens is 2. The van der Waals surface area contributed by atoms with Crippen molar-refractivity contribution in [2.75, 3.05) is 0 Å². The lowest BCUT2D eigenvalue weighted by Crippen LogP contribution is -2.21. The van der Waals surface area contributed by atoms with Crippen molar-refractivity contribution in [3.63, 3.8) is 0 Å². The van der Waals surface area contributed by atoms with E-state index in [0.717, 1.165) is 5.69 Å². The first kappa shape index (κ1) is 11.8. The lowest BCUT2D eigenvalue weighted by Gasteiger charge is -2.04. The molecule has 0 aliphatic carbocycles. The van der Waals surface area contributed by atoms with E-state index < -0.39 is 0 Å². The zero-order valence-electron chi connectivity index (χ0n) is 10.00. The fraction of sp³-hybridized carbons (Fsp3) is 0.308. The molecule has 0 saturated heterocycles. The van der Waals surface area contributed by atoms with Gasteiger partial charge in [0.15, 0.2) is 0 Å². The van der Waals surface area contributed by atoms with E-state index in [2.05, 4.69) is 29.4 Å². The summed E-state index contributed by atoms with van der Waals surface area (Å²) in [5.41, 5.74) is 2.13. The van der Waals surface area contributed by atoms with E-state index in [9.17, 15) is 4.39 Å². The van der Waals surface area contributed by atoms with Crippen molar-refractivity contribution in [1.82, 2.24) is 15.5 Å². The maximum absolute atomic E-state index is 13.5. The van der Waals surface area contributed by atoms with E-state index in [0.29, 0.717) is 23.8 Å². The first-order chi connectivity index (χ1) is 8.16. The Morgan fingerprint density at radius 3 is 2.82 bits per heavy atom. The van der Waals surface area contributed by atoms with E-state index >= 15 is 0 Å². The third-order valence-electron chi connectivity index (χ3n) is 2.48. The quantitative estimate of drug-likeness (QED) is 0.852. The average Bonchev–Trinajstić information content (AvgIpc) is 2.75. The monoisotopic (exact) mass is 233 g/mol. The third-order valence-corrected chi connectivity index (χ3v) is 2.48. The second kappa shape index (κ2) is 5.10. The summed E-state index contributed by atoms with van der Waals surface area (Å²) in [6.45, 7) is 4.86. The highest BCUT2D eigenvalue weighted by atomic mass is 19.1. The van der Waals surface area contributed by atoms with Gasteiger partial charge >= 0.3 is 0 Å². The summed E-state index contributed by atoms with van der Waals surface area (Å²) in [5.74, 6) is -0.248. The fourth-order valence-electron chi connectivity index (χ4n) is 1.57. The van der Waals surface area contributed by atoms with E-state index in [4.69, 9.17) is 0 Å². The second-order valence-electron chi connectivity index (χ2n) is 4.29. The van der Waals surface area contributed by atoms with Gasteiger partial charge in [-0.05, 0) is 18.2 Å². The number of hydrogen-bond acceptors (Lipinski definition) is 2. The van der Waals surface area contributed by atoms with Gasteiger partial charge in [-0.1, -0.05) is 26.0 Å². The molecule has 0 aliphatic rings. The number of aromatic amines is 1. The Morgan fingerprint density at radius 1 is 1.35 bits per heavy atom. The molecule has 90 valence electrons. The van der Waals surface area contributed by atoms with Gasteiger partial charge in [0.05, 0.1) is 5.69 Å². The van der Waals surface area contributed by atoms with Gasteiger partial charge in [-0.2, -0.15) is 5.10 Å². The SMILES string of the molecule is CC(C)NCc1cc(-c2ccccc2F)n[nH]1. The third kappa shape index (κ3) is 2.91. The highest BCUT2D eigenvalue weighted by Crippen LogP contribution is 2.20. The Labute approximate surface area is 100 Å². The summed E-state index contributed by atoms with van der Waals surface area (Å²) in [5, 5.41) is 10.3. The molecule has 0 fully saturated rings. The van der Waals surface area contributed by atoms with E-state index in [-0.39, 0.29) is 5.82 Å². The van der Waals surface area contributed by atoms with Gasteiger partial charge in [-0.15, -0.1) is 0 Å². The molecule has 2 aromatic rings. The zero-order chi connectivity index (χ0) is 12.3. The van der Waals surface area contributed by atoms with Gasteiger partial charge in [0, 0.05) is 23.8 Å². The molecular formula is C13H16FN3. The minimum atomic E-state index is -0.248. The summed E-state index contributed by atoms with van der Waals surface area (Å²) in [7, 11) is 0. The van der Waals surface area contributed by atoms with Crippen molar-refractivity contribution in [2.24, 2.45) is 0 Å². The molecule has 1 heterocycles. The Morgan fingerprint density at radius 2 is 2.12 bits per heavy atom. The maximum atomic E-state index is 13.5. The molecule has 0 spiro atoms. The van der Waals surface area contributed by atoms with Crippen LogP contribution in [0.15, 0.2) is 30.3 Å². The summed E-state index contributed by atoms with van der Waals surface area (Å²) < 4.78 is 13.5. The van der Waals surface area contributed by atoms with Crippen molar-refractivity contribution >= 4 is 0 Å². The molecule has 1 aromatic heterocycles. The smallest absolute Gasteiger partial charge is 0.132 e. The molecule has 0 amide bonds. The van der Waals surface area contributed by atoms with Crippen LogP contribution in [-0.2, 0) is 6.54 Å². The van der Waals surface area contributed by atoms with Crippen LogP contribution in [0.2, 0.25) is 0 Å². The van der Waals surface area contributed by atoms with Crippen LogP contribution in [0.5, 0.6) is 0 Å². The Kier molecular flexibility index (Phi) is 3.54. The molecular weight excluding hydrogens is 217 g/mol. The van der Waals surface area contributed by atoms with Crippen LogP contribution >= 0.6 is 0 Å². The number of benzene rings is 1. The predicted molar refractivity (Wildman–Crippen MR) is 66.0 cm³/mol. The molecule has 4 heteroatoms. The summed E-state index contributed by atoms with van der Waals surface area (Å²) >= 11 is 0. The van der Waals surface area contributed by atoms with Crippen LogP contribution in [0.3, 0.4) is 0 Å². The molecule has 3 nitrogen and oxygen atoms in total. The largest absolute Gasteiger partial charge is 0.309 e. The number of nitrogens with one attached hydrogen (secondary N) is 2. The Balaban J connectivity index is 2.16.